The van der Waals surface area contributed by atoms with Gasteiger partial charge in [-0.05, 0) is 38.5 Å². The largest absolute Gasteiger partial charge is 0.481 e. The molecule has 0 spiro atoms. The van der Waals surface area contributed by atoms with Crippen LogP contribution in [0.1, 0.15) is 84.0 Å². The maximum atomic E-state index is 10.3. The second-order valence-electron chi connectivity index (χ2n) is 6.08. The molecule has 0 fully saturated rings. The number of hydrogen-bond donors (Lipinski definition) is 1. The maximum Gasteiger partial charge on any atom is 0.303 e. The number of carboxylic acids is 1. The summed E-state index contributed by atoms with van der Waals surface area (Å²) in [7, 11) is 0. The Hall–Kier alpha value is -1.57. The van der Waals surface area contributed by atoms with E-state index < -0.39 is 5.97 Å². The smallest absolute Gasteiger partial charge is 0.303 e. The SMILES string of the molecule is CCCCCCCC/C=C/C/C=C\C/C=C\C/C=C\CCC(=O)O. The van der Waals surface area contributed by atoms with Crippen molar-refractivity contribution in [3.8, 4) is 0 Å². The first-order valence-electron chi connectivity index (χ1n) is 9.59. The van der Waals surface area contributed by atoms with Crippen LogP contribution in [0.15, 0.2) is 48.6 Å². The molecule has 0 aliphatic rings. The van der Waals surface area contributed by atoms with E-state index in [0.29, 0.717) is 6.42 Å². The van der Waals surface area contributed by atoms with E-state index in [1.165, 1.54) is 44.9 Å². The Morgan fingerprint density at radius 3 is 1.67 bits per heavy atom. The minimum atomic E-state index is -0.735. The summed E-state index contributed by atoms with van der Waals surface area (Å²) in [4.78, 5) is 10.3. The van der Waals surface area contributed by atoms with Crippen molar-refractivity contribution in [3.63, 3.8) is 0 Å². The average molecular weight is 333 g/mol. The molecule has 0 rings (SSSR count). The minimum Gasteiger partial charge on any atom is -0.481 e. The Kier molecular flexibility index (Phi) is 18.2. The number of carbonyl (C=O) groups is 1. The lowest BCUT2D eigenvalue weighted by Crippen LogP contribution is -1.91. The lowest BCUT2D eigenvalue weighted by atomic mass is 10.1. The summed E-state index contributed by atoms with van der Waals surface area (Å²) in [6, 6.07) is 0. The van der Waals surface area contributed by atoms with Gasteiger partial charge in [0.15, 0.2) is 0 Å². The molecule has 0 atom stereocenters. The molecule has 0 aromatic carbocycles. The zero-order chi connectivity index (χ0) is 17.7. The first-order chi connectivity index (χ1) is 11.8. The minimum absolute atomic E-state index is 0.218. The Bertz CT molecular complexity index is 389. The Labute approximate surface area is 149 Å². The maximum absolute atomic E-state index is 10.3. The highest BCUT2D eigenvalue weighted by Crippen LogP contribution is 2.07. The van der Waals surface area contributed by atoms with Crippen molar-refractivity contribution in [3.05, 3.63) is 48.6 Å². The van der Waals surface area contributed by atoms with E-state index in [2.05, 4.69) is 43.4 Å². The fourth-order valence-corrected chi connectivity index (χ4v) is 2.30. The Morgan fingerprint density at radius 2 is 1.12 bits per heavy atom. The summed E-state index contributed by atoms with van der Waals surface area (Å²) in [5, 5.41) is 8.50. The van der Waals surface area contributed by atoms with Gasteiger partial charge in [-0.15, -0.1) is 0 Å². The summed E-state index contributed by atoms with van der Waals surface area (Å²) < 4.78 is 0. The fraction of sp³-hybridized carbons (Fsp3) is 0.591. The van der Waals surface area contributed by atoms with Gasteiger partial charge in [0.05, 0.1) is 0 Å². The summed E-state index contributed by atoms with van der Waals surface area (Å²) >= 11 is 0. The quantitative estimate of drug-likeness (QED) is 0.244. The van der Waals surface area contributed by atoms with Crippen LogP contribution >= 0.6 is 0 Å². The van der Waals surface area contributed by atoms with Crippen LogP contribution in [0.5, 0.6) is 0 Å². The third-order valence-electron chi connectivity index (χ3n) is 3.73. The second-order valence-corrected chi connectivity index (χ2v) is 6.08. The predicted octanol–water partition coefficient (Wildman–Crippen LogP) is 7.00. The van der Waals surface area contributed by atoms with Crippen LogP contribution in [0.2, 0.25) is 0 Å². The van der Waals surface area contributed by atoms with Crippen molar-refractivity contribution in [2.45, 2.75) is 84.0 Å². The Morgan fingerprint density at radius 1 is 0.667 bits per heavy atom. The average Bonchev–Trinajstić information content (AvgIpc) is 2.56. The van der Waals surface area contributed by atoms with E-state index in [1.807, 2.05) is 12.2 Å². The number of aliphatic carboxylic acids is 1. The number of hydrogen-bond acceptors (Lipinski definition) is 1. The molecule has 0 saturated heterocycles. The van der Waals surface area contributed by atoms with Crippen molar-refractivity contribution >= 4 is 5.97 Å². The summed E-state index contributed by atoms with van der Waals surface area (Å²) in [5.74, 6) is -0.735. The molecular formula is C22H36O2. The lowest BCUT2D eigenvalue weighted by molar-refractivity contribution is -0.136. The van der Waals surface area contributed by atoms with E-state index in [-0.39, 0.29) is 6.42 Å². The van der Waals surface area contributed by atoms with Crippen molar-refractivity contribution in [1.29, 1.82) is 0 Å². The molecule has 0 unspecified atom stereocenters. The van der Waals surface area contributed by atoms with Gasteiger partial charge in [0.25, 0.3) is 0 Å². The molecule has 0 amide bonds. The molecule has 0 aliphatic heterocycles. The number of carboxylic acid groups (broad SMARTS) is 1. The van der Waals surface area contributed by atoms with E-state index in [1.54, 1.807) is 0 Å². The number of allylic oxidation sites excluding steroid dienone is 8. The van der Waals surface area contributed by atoms with E-state index in [0.717, 1.165) is 19.3 Å². The van der Waals surface area contributed by atoms with Crippen molar-refractivity contribution in [2.24, 2.45) is 0 Å². The predicted molar refractivity (Wildman–Crippen MR) is 105 cm³/mol. The van der Waals surface area contributed by atoms with Gasteiger partial charge in [0.1, 0.15) is 0 Å². The molecule has 2 heteroatoms. The van der Waals surface area contributed by atoms with Crippen LogP contribution in [-0.2, 0) is 4.79 Å². The van der Waals surface area contributed by atoms with Gasteiger partial charge in [-0.2, -0.15) is 0 Å². The van der Waals surface area contributed by atoms with Crippen LogP contribution in [0.25, 0.3) is 0 Å². The molecule has 0 aromatic rings. The van der Waals surface area contributed by atoms with Gasteiger partial charge >= 0.3 is 5.97 Å². The summed E-state index contributed by atoms with van der Waals surface area (Å²) in [6.45, 7) is 2.26. The third-order valence-corrected chi connectivity index (χ3v) is 3.73. The van der Waals surface area contributed by atoms with E-state index in [4.69, 9.17) is 5.11 Å². The van der Waals surface area contributed by atoms with Crippen LogP contribution in [0.4, 0.5) is 0 Å². The summed E-state index contributed by atoms with van der Waals surface area (Å²) in [5.41, 5.74) is 0. The Balaban J connectivity index is 3.37. The molecule has 0 radical (unpaired) electrons. The summed E-state index contributed by atoms with van der Waals surface area (Å²) in [6.07, 6.45) is 30.3. The molecule has 24 heavy (non-hydrogen) atoms. The first-order valence-corrected chi connectivity index (χ1v) is 9.59. The first kappa shape index (κ1) is 22.4. The molecule has 0 aromatic heterocycles. The topological polar surface area (TPSA) is 37.3 Å². The van der Waals surface area contributed by atoms with Crippen molar-refractivity contribution < 1.29 is 9.90 Å². The standard InChI is InChI=1S/C22H36O2/c1-2-3-4-5-6-7-8-9-10-11-12-13-14-15-16-17-18-19-20-21-22(23)24/h9-10,12-13,15-16,18-19H,2-8,11,14,17,20-21H2,1H3,(H,23,24)/b10-9+,13-12-,16-15-,19-18-. The van der Waals surface area contributed by atoms with Gasteiger partial charge in [-0.25, -0.2) is 0 Å². The second kappa shape index (κ2) is 19.5. The van der Waals surface area contributed by atoms with Crippen molar-refractivity contribution in [2.75, 3.05) is 0 Å². The van der Waals surface area contributed by atoms with Crippen molar-refractivity contribution in [1.82, 2.24) is 0 Å². The highest BCUT2D eigenvalue weighted by molar-refractivity contribution is 5.66. The highest BCUT2D eigenvalue weighted by Gasteiger charge is 1.90. The van der Waals surface area contributed by atoms with E-state index >= 15 is 0 Å². The van der Waals surface area contributed by atoms with E-state index in [9.17, 15) is 4.79 Å². The molecule has 1 N–H and O–H groups in total. The molecule has 0 heterocycles. The van der Waals surface area contributed by atoms with Gasteiger partial charge < -0.3 is 5.11 Å². The zero-order valence-corrected chi connectivity index (χ0v) is 15.5. The molecule has 0 bridgehead atoms. The fourth-order valence-electron chi connectivity index (χ4n) is 2.30. The number of unbranched alkanes of at least 4 members (excludes halogenated alkanes) is 6. The van der Waals surface area contributed by atoms with Gasteiger partial charge in [-0.3, -0.25) is 4.79 Å². The molecular weight excluding hydrogens is 296 g/mol. The van der Waals surface area contributed by atoms with Crippen LogP contribution in [0.3, 0.4) is 0 Å². The molecule has 2 nitrogen and oxygen atoms in total. The lowest BCUT2D eigenvalue weighted by Gasteiger charge is -1.97. The molecule has 136 valence electrons. The third kappa shape index (κ3) is 20.4. The highest BCUT2D eigenvalue weighted by atomic mass is 16.4. The van der Waals surface area contributed by atoms with Gasteiger partial charge in [0, 0.05) is 6.42 Å². The number of rotatable bonds is 16. The molecule has 0 saturated carbocycles. The monoisotopic (exact) mass is 332 g/mol. The normalized spacial score (nSPS) is 12.4. The van der Waals surface area contributed by atoms with Gasteiger partial charge in [-0.1, -0.05) is 87.6 Å². The molecule has 0 aliphatic carbocycles. The zero-order valence-electron chi connectivity index (χ0n) is 15.5. The van der Waals surface area contributed by atoms with Crippen LogP contribution < -0.4 is 0 Å². The van der Waals surface area contributed by atoms with Gasteiger partial charge in [0.2, 0.25) is 0 Å². The van der Waals surface area contributed by atoms with Crippen LogP contribution in [-0.4, -0.2) is 11.1 Å². The van der Waals surface area contributed by atoms with Crippen LogP contribution in [0, 0.1) is 0 Å².